The molecule has 16 heteroatoms. The van der Waals surface area contributed by atoms with Gasteiger partial charge in [-0.15, -0.1) is 0 Å². The highest BCUT2D eigenvalue weighted by atomic mass is 28.4. The van der Waals surface area contributed by atoms with Crippen molar-refractivity contribution in [2.75, 3.05) is 132 Å². The van der Waals surface area contributed by atoms with Crippen LogP contribution in [0, 0.1) is 0 Å². The lowest BCUT2D eigenvalue weighted by Gasteiger charge is -2.16. The van der Waals surface area contributed by atoms with Gasteiger partial charge in [-0.2, -0.15) is 0 Å². The van der Waals surface area contributed by atoms with Gasteiger partial charge in [0.05, 0.1) is 132 Å². The lowest BCUT2D eigenvalue weighted by Crippen LogP contribution is -2.27. The molecule has 0 aliphatic carbocycles. The first-order chi connectivity index (χ1) is 21.2. The number of carbonyl (C=O) groups excluding carboxylic acids is 2. The largest absolute Gasteiger partial charge is 0.476 e. The fourth-order valence-electron chi connectivity index (χ4n) is 2.88. The molecule has 44 heavy (non-hydrogen) atoms. The molecule has 0 radical (unpaired) electrons. The highest BCUT2D eigenvalue weighted by molar-refractivity contribution is 6.69. The summed E-state index contributed by atoms with van der Waals surface area (Å²) in [6, 6.07) is 0. The standard InChI is InChI=1S/C28H54O15Si/c1-44(2,3)43-25-23-41-21-19-39-17-15-37-13-11-35-9-7-33-6-8-34-10-12-36-14-16-38-18-20-40-22-24-42-27(30)5-4-26(29)28(31)32/h4-25H2,1-3H3,(H,31,32). The van der Waals surface area contributed by atoms with Crippen molar-refractivity contribution < 1.29 is 71.3 Å². The van der Waals surface area contributed by atoms with Crippen molar-refractivity contribution in [1.82, 2.24) is 0 Å². The van der Waals surface area contributed by atoms with Gasteiger partial charge in [-0.05, 0) is 19.6 Å². The zero-order chi connectivity index (χ0) is 32.6. The summed E-state index contributed by atoms with van der Waals surface area (Å²) in [6.07, 6.45) is -0.656. The molecule has 0 aromatic carbocycles. The molecule has 0 bridgehead atoms. The van der Waals surface area contributed by atoms with Crippen LogP contribution in [0.2, 0.25) is 19.6 Å². The zero-order valence-corrected chi connectivity index (χ0v) is 27.7. The molecule has 0 fully saturated rings. The van der Waals surface area contributed by atoms with Crippen molar-refractivity contribution in [1.29, 1.82) is 0 Å². The summed E-state index contributed by atoms with van der Waals surface area (Å²) >= 11 is 0. The monoisotopic (exact) mass is 658 g/mol. The molecule has 0 aromatic rings. The molecule has 0 heterocycles. The number of hydrogen-bond acceptors (Lipinski definition) is 14. The first-order valence-corrected chi connectivity index (χ1v) is 18.4. The second-order valence-electron chi connectivity index (χ2n) is 9.92. The predicted octanol–water partition coefficient (Wildman–Crippen LogP) is 0.964. The summed E-state index contributed by atoms with van der Waals surface area (Å²) in [4.78, 5) is 32.6. The van der Waals surface area contributed by atoms with Crippen LogP contribution in [0.4, 0.5) is 0 Å². The van der Waals surface area contributed by atoms with E-state index in [0.29, 0.717) is 119 Å². The Kier molecular flexibility index (Phi) is 30.3. The molecule has 0 aliphatic rings. The highest BCUT2D eigenvalue weighted by Crippen LogP contribution is 2.01. The van der Waals surface area contributed by atoms with Gasteiger partial charge in [0.25, 0.3) is 0 Å². The van der Waals surface area contributed by atoms with Crippen LogP contribution in [-0.4, -0.2) is 163 Å². The van der Waals surface area contributed by atoms with Gasteiger partial charge in [0.1, 0.15) is 6.61 Å². The zero-order valence-electron chi connectivity index (χ0n) is 26.7. The van der Waals surface area contributed by atoms with E-state index in [9.17, 15) is 14.4 Å². The van der Waals surface area contributed by atoms with Crippen LogP contribution in [0.3, 0.4) is 0 Å². The van der Waals surface area contributed by atoms with Gasteiger partial charge in [0.2, 0.25) is 5.78 Å². The minimum absolute atomic E-state index is 0.0162. The highest BCUT2D eigenvalue weighted by Gasteiger charge is 2.14. The maximum atomic E-state index is 11.3. The van der Waals surface area contributed by atoms with E-state index in [4.69, 9.17) is 56.9 Å². The van der Waals surface area contributed by atoms with E-state index in [-0.39, 0.29) is 26.1 Å². The topological polar surface area (TPSA) is 173 Å². The first kappa shape index (κ1) is 42.4. The molecular weight excluding hydrogens is 604 g/mol. The summed E-state index contributed by atoms with van der Waals surface area (Å²) in [5.41, 5.74) is 0. The van der Waals surface area contributed by atoms with Gasteiger partial charge in [0, 0.05) is 6.42 Å². The van der Waals surface area contributed by atoms with E-state index in [1.165, 1.54) is 0 Å². The summed E-state index contributed by atoms with van der Waals surface area (Å²) in [6.45, 7) is 15.3. The SMILES string of the molecule is C[Si](C)(C)OCCOCCOCCOCCOCCOCCOCCOCCOCCOCCOC(=O)CCC(=O)C(=O)O. The number of ketones is 1. The Balaban J connectivity index is 3.14. The van der Waals surface area contributed by atoms with Crippen molar-refractivity contribution in [3.8, 4) is 0 Å². The molecule has 0 rings (SSSR count). The summed E-state index contributed by atoms with van der Waals surface area (Å²) in [7, 11) is -1.46. The minimum Gasteiger partial charge on any atom is -0.476 e. The molecule has 260 valence electrons. The number of aliphatic carboxylic acids is 1. The van der Waals surface area contributed by atoms with E-state index in [2.05, 4.69) is 19.6 Å². The van der Waals surface area contributed by atoms with Crippen LogP contribution in [0.15, 0.2) is 0 Å². The van der Waals surface area contributed by atoms with Gasteiger partial charge in [0.15, 0.2) is 8.32 Å². The van der Waals surface area contributed by atoms with Gasteiger partial charge in [-0.1, -0.05) is 0 Å². The van der Waals surface area contributed by atoms with Crippen molar-refractivity contribution in [2.24, 2.45) is 0 Å². The Hall–Kier alpha value is -1.57. The fourth-order valence-corrected chi connectivity index (χ4v) is 3.57. The van der Waals surface area contributed by atoms with Gasteiger partial charge in [-0.25, -0.2) is 4.79 Å². The second-order valence-corrected chi connectivity index (χ2v) is 14.4. The number of ether oxygens (including phenoxy) is 10. The Morgan fingerprint density at radius 2 is 0.705 bits per heavy atom. The molecule has 0 saturated carbocycles. The van der Waals surface area contributed by atoms with Crippen molar-refractivity contribution in [3.05, 3.63) is 0 Å². The van der Waals surface area contributed by atoms with E-state index in [1.54, 1.807) is 0 Å². The van der Waals surface area contributed by atoms with Crippen LogP contribution in [0.25, 0.3) is 0 Å². The fraction of sp³-hybridized carbons (Fsp3) is 0.893. The van der Waals surface area contributed by atoms with Crippen LogP contribution >= 0.6 is 0 Å². The van der Waals surface area contributed by atoms with Gasteiger partial charge < -0.3 is 56.9 Å². The van der Waals surface area contributed by atoms with E-state index in [1.807, 2.05) is 0 Å². The van der Waals surface area contributed by atoms with Gasteiger partial charge >= 0.3 is 11.9 Å². The van der Waals surface area contributed by atoms with Crippen LogP contribution in [0.1, 0.15) is 12.8 Å². The number of hydrogen-bond donors (Lipinski definition) is 1. The van der Waals surface area contributed by atoms with Crippen molar-refractivity contribution in [3.63, 3.8) is 0 Å². The maximum Gasteiger partial charge on any atom is 0.372 e. The third kappa shape index (κ3) is 34.9. The normalized spacial score (nSPS) is 11.6. The molecule has 0 unspecified atom stereocenters. The van der Waals surface area contributed by atoms with E-state index in [0.717, 1.165) is 0 Å². The van der Waals surface area contributed by atoms with E-state index < -0.39 is 26.0 Å². The lowest BCUT2D eigenvalue weighted by molar-refractivity contribution is -0.151. The average molecular weight is 659 g/mol. The number of Topliss-reactive ketones (excluding diaryl/α,β-unsaturated/α-hetero) is 1. The Bertz CT molecular complexity index is 690. The number of esters is 1. The number of carboxylic acids is 1. The Morgan fingerprint density at radius 1 is 0.432 bits per heavy atom. The summed E-state index contributed by atoms with van der Waals surface area (Å²) in [5, 5.41) is 8.43. The smallest absolute Gasteiger partial charge is 0.372 e. The Labute approximate surface area is 262 Å². The molecule has 0 saturated heterocycles. The number of carbonyl (C=O) groups is 3. The second kappa shape index (κ2) is 31.4. The molecule has 0 aromatic heterocycles. The molecule has 15 nitrogen and oxygen atoms in total. The predicted molar refractivity (Wildman–Crippen MR) is 160 cm³/mol. The number of carboxylic acid groups (broad SMARTS) is 1. The third-order valence-corrected chi connectivity index (χ3v) is 6.09. The first-order valence-electron chi connectivity index (χ1n) is 15.0. The van der Waals surface area contributed by atoms with Crippen LogP contribution in [0.5, 0.6) is 0 Å². The van der Waals surface area contributed by atoms with Crippen LogP contribution in [-0.2, 0) is 66.2 Å². The molecule has 0 amide bonds. The van der Waals surface area contributed by atoms with Crippen LogP contribution < -0.4 is 0 Å². The van der Waals surface area contributed by atoms with Crippen molar-refractivity contribution >= 4 is 26.0 Å². The van der Waals surface area contributed by atoms with Crippen molar-refractivity contribution in [2.45, 2.75) is 32.5 Å². The summed E-state index contributed by atoms with van der Waals surface area (Å²) in [5.74, 6) is -3.23. The minimum atomic E-state index is -1.56. The molecular formula is C28H54O15Si. The molecule has 0 atom stereocenters. The van der Waals surface area contributed by atoms with Gasteiger partial charge in [-0.3, -0.25) is 9.59 Å². The molecule has 0 aliphatic heterocycles. The maximum absolute atomic E-state index is 11.3. The number of rotatable bonds is 35. The third-order valence-electron chi connectivity index (χ3n) is 5.02. The molecule has 1 N–H and O–H groups in total. The quantitative estimate of drug-likeness (QED) is 0.0441. The average Bonchev–Trinajstić information content (AvgIpc) is 2.98. The summed E-state index contributed by atoms with van der Waals surface area (Å²) < 4.78 is 59.2. The van der Waals surface area contributed by atoms with E-state index >= 15 is 0 Å². The molecule has 0 spiro atoms. The Morgan fingerprint density at radius 3 is 0.977 bits per heavy atom. The lowest BCUT2D eigenvalue weighted by atomic mass is 10.2.